The molecule has 0 bridgehead atoms. The van der Waals surface area contributed by atoms with Crippen LogP contribution in [0.15, 0.2) is 23.1 Å². The van der Waals surface area contributed by atoms with E-state index in [9.17, 15) is 8.42 Å². The minimum atomic E-state index is -3.53. The average molecular weight is 312 g/mol. The molecule has 0 aromatic heterocycles. The van der Waals surface area contributed by atoms with Gasteiger partial charge < -0.3 is 10.1 Å². The van der Waals surface area contributed by atoms with Crippen molar-refractivity contribution < 1.29 is 13.2 Å². The van der Waals surface area contributed by atoms with Gasteiger partial charge in [0.15, 0.2) is 0 Å². The van der Waals surface area contributed by atoms with Gasteiger partial charge in [-0.1, -0.05) is 19.9 Å². The molecule has 2 rings (SSSR count). The number of hydrogen-bond donors (Lipinski definition) is 2. The molecule has 0 heterocycles. The Morgan fingerprint density at radius 3 is 2.67 bits per heavy atom. The van der Waals surface area contributed by atoms with Crippen LogP contribution in [0.4, 0.5) is 0 Å². The van der Waals surface area contributed by atoms with E-state index in [1.165, 1.54) is 7.11 Å². The third-order valence-electron chi connectivity index (χ3n) is 3.91. The van der Waals surface area contributed by atoms with Crippen LogP contribution < -0.4 is 14.8 Å². The maximum Gasteiger partial charge on any atom is 0.244 e. The number of benzene rings is 1. The van der Waals surface area contributed by atoms with E-state index in [-0.39, 0.29) is 4.90 Å². The third-order valence-corrected chi connectivity index (χ3v) is 5.35. The molecule has 0 radical (unpaired) electrons. The highest BCUT2D eigenvalue weighted by atomic mass is 32.2. The number of sulfonamides is 1. The molecule has 1 fully saturated rings. The molecule has 1 saturated carbocycles. The van der Waals surface area contributed by atoms with Crippen molar-refractivity contribution >= 4 is 10.0 Å². The summed E-state index contributed by atoms with van der Waals surface area (Å²) < 4.78 is 32.8. The minimum Gasteiger partial charge on any atom is -0.495 e. The predicted octanol–water partition coefficient (Wildman–Crippen LogP) is 1.74. The summed E-state index contributed by atoms with van der Waals surface area (Å²) >= 11 is 0. The largest absolute Gasteiger partial charge is 0.495 e. The monoisotopic (exact) mass is 312 g/mol. The Hall–Kier alpha value is -1.11. The Balaban J connectivity index is 2.17. The second kappa shape index (κ2) is 6.77. The van der Waals surface area contributed by atoms with E-state index in [1.54, 1.807) is 12.1 Å². The van der Waals surface area contributed by atoms with Gasteiger partial charge in [-0.15, -0.1) is 0 Å². The van der Waals surface area contributed by atoms with Crippen molar-refractivity contribution in [2.45, 2.75) is 31.7 Å². The molecule has 1 aromatic carbocycles. The minimum absolute atomic E-state index is 0.216. The predicted molar refractivity (Wildman–Crippen MR) is 82.8 cm³/mol. The Morgan fingerprint density at radius 1 is 1.38 bits per heavy atom. The average Bonchev–Trinajstić information content (AvgIpc) is 3.18. The maximum absolute atomic E-state index is 12.5. The van der Waals surface area contributed by atoms with E-state index in [4.69, 9.17) is 4.74 Å². The van der Waals surface area contributed by atoms with E-state index in [1.807, 2.05) is 13.0 Å². The third kappa shape index (κ3) is 4.18. The lowest BCUT2D eigenvalue weighted by Crippen LogP contribution is -2.27. The number of ether oxygens (including phenoxy) is 1. The van der Waals surface area contributed by atoms with Crippen LogP contribution in [0, 0.1) is 11.8 Å². The first-order chi connectivity index (χ1) is 9.97. The van der Waals surface area contributed by atoms with Gasteiger partial charge in [0.25, 0.3) is 0 Å². The smallest absolute Gasteiger partial charge is 0.244 e. The lowest BCUT2D eigenvalue weighted by atomic mass is 10.2. The van der Waals surface area contributed by atoms with Gasteiger partial charge in [0.05, 0.1) is 7.11 Å². The fourth-order valence-corrected chi connectivity index (χ4v) is 3.60. The molecule has 2 N–H and O–H groups in total. The number of hydrogen-bond acceptors (Lipinski definition) is 4. The highest BCUT2D eigenvalue weighted by Crippen LogP contribution is 2.37. The summed E-state index contributed by atoms with van der Waals surface area (Å²) in [5.41, 5.74) is 0.929. The van der Waals surface area contributed by atoms with E-state index >= 15 is 0 Å². The molecule has 0 saturated heterocycles. The van der Waals surface area contributed by atoms with Crippen LogP contribution in [0.25, 0.3) is 0 Å². The Labute approximate surface area is 127 Å². The molecule has 2 unspecified atom stereocenters. The second-order valence-corrected chi connectivity index (χ2v) is 7.33. The summed E-state index contributed by atoms with van der Waals surface area (Å²) in [5.74, 6) is 1.47. The van der Waals surface area contributed by atoms with Crippen molar-refractivity contribution in [2.75, 3.05) is 20.2 Å². The van der Waals surface area contributed by atoms with Gasteiger partial charge in [-0.2, -0.15) is 0 Å². The van der Waals surface area contributed by atoms with Gasteiger partial charge in [-0.3, -0.25) is 0 Å². The standard InChI is InChI=1S/C15H24N2O3S/c1-4-16-9-12-5-6-14(20-3)15(8-12)21(18,19)17-10-13-7-11(13)2/h5-6,8,11,13,16-17H,4,7,9-10H2,1-3H3. The zero-order chi connectivity index (χ0) is 15.5. The Bertz CT molecular complexity index is 587. The zero-order valence-electron chi connectivity index (χ0n) is 12.8. The molecule has 5 nitrogen and oxygen atoms in total. The van der Waals surface area contributed by atoms with Crippen molar-refractivity contribution in [3.05, 3.63) is 23.8 Å². The molecule has 0 amide bonds. The van der Waals surface area contributed by atoms with E-state index < -0.39 is 10.0 Å². The first-order valence-corrected chi connectivity index (χ1v) is 8.83. The molecule has 1 aliphatic rings. The molecule has 2 atom stereocenters. The Kier molecular flexibility index (Phi) is 5.24. The summed E-state index contributed by atoms with van der Waals surface area (Å²) in [6, 6.07) is 5.27. The van der Waals surface area contributed by atoms with Crippen LogP contribution in [0.5, 0.6) is 5.75 Å². The van der Waals surface area contributed by atoms with E-state index in [0.717, 1.165) is 18.5 Å². The first kappa shape index (κ1) is 16.3. The summed E-state index contributed by atoms with van der Waals surface area (Å²) in [7, 11) is -2.04. The molecule has 118 valence electrons. The molecule has 21 heavy (non-hydrogen) atoms. The van der Waals surface area contributed by atoms with Crippen LogP contribution in [0.3, 0.4) is 0 Å². The Morgan fingerprint density at radius 2 is 2.10 bits per heavy atom. The SMILES string of the molecule is CCNCc1ccc(OC)c(S(=O)(=O)NCC2CC2C)c1. The molecule has 1 aliphatic carbocycles. The summed E-state index contributed by atoms with van der Waals surface area (Å²) in [5, 5.41) is 3.19. The van der Waals surface area contributed by atoms with Gasteiger partial charge in [-0.25, -0.2) is 13.1 Å². The first-order valence-electron chi connectivity index (χ1n) is 7.35. The number of rotatable bonds is 8. The number of nitrogens with one attached hydrogen (secondary N) is 2. The second-order valence-electron chi connectivity index (χ2n) is 5.59. The van der Waals surface area contributed by atoms with Gasteiger partial charge in [0, 0.05) is 13.1 Å². The molecule has 0 spiro atoms. The highest BCUT2D eigenvalue weighted by molar-refractivity contribution is 7.89. The molecule has 0 aliphatic heterocycles. The maximum atomic E-state index is 12.5. The van der Waals surface area contributed by atoms with Crippen molar-refractivity contribution in [2.24, 2.45) is 11.8 Å². The lowest BCUT2D eigenvalue weighted by molar-refractivity contribution is 0.402. The quantitative estimate of drug-likeness (QED) is 0.767. The number of methoxy groups -OCH3 is 1. The highest BCUT2D eigenvalue weighted by Gasteiger charge is 2.33. The molecule has 1 aromatic rings. The van der Waals surface area contributed by atoms with Gasteiger partial charge in [0.1, 0.15) is 10.6 Å². The topological polar surface area (TPSA) is 67.4 Å². The van der Waals surface area contributed by atoms with E-state index in [2.05, 4.69) is 17.0 Å². The van der Waals surface area contributed by atoms with Crippen molar-refractivity contribution in [3.63, 3.8) is 0 Å². The summed E-state index contributed by atoms with van der Waals surface area (Å²) in [6.07, 6.45) is 1.10. The summed E-state index contributed by atoms with van der Waals surface area (Å²) in [6.45, 7) is 6.13. The van der Waals surface area contributed by atoms with Gasteiger partial charge in [0.2, 0.25) is 10.0 Å². The fourth-order valence-electron chi connectivity index (χ4n) is 2.29. The van der Waals surface area contributed by atoms with Crippen LogP contribution in [0.1, 0.15) is 25.8 Å². The normalized spacial score (nSPS) is 21.3. The zero-order valence-corrected chi connectivity index (χ0v) is 13.7. The van der Waals surface area contributed by atoms with Crippen LogP contribution >= 0.6 is 0 Å². The van der Waals surface area contributed by atoms with E-state index in [0.29, 0.717) is 30.7 Å². The molecule has 6 heteroatoms. The fraction of sp³-hybridized carbons (Fsp3) is 0.600. The molecular weight excluding hydrogens is 288 g/mol. The van der Waals surface area contributed by atoms with Gasteiger partial charge >= 0.3 is 0 Å². The summed E-state index contributed by atoms with van der Waals surface area (Å²) in [4.78, 5) is 0.216. The van der Waals surface area contributed by atoms with Crippen molar-refractivity contribution in [1.29, 1.82) is 0 Å². The molecular formula is C15H24N2O3S. The van der Waals surface area contributed by atoms with Crippen LogP contribution in [-0.4, -0.2) is 28.6 Å². The van der Waals surface area contributed by atoms with Crippen molar-refractivity contribution in [3.8, 4) is 5.75 Å². The van der Waals surface area contributed by atoms with Gasteiger partial charge in [-0.05, 0) is 42.5 Å². The van der Waals surface area contributed by atoms with Crippen molar-refractivity contribution in [1.82, 2.24) is 10.0 Å². The van der Waals surface area contributed by atoms with Crippen LogP contribution in [0.2, 0.25) is 0 Å². The lowest BCUT2D eigenvalue weighted by Gasteiger charge is -2.12. The van der Waals surface area contributed by atoms with Crippen LogP contribution in [-0.2, 0) is 16.6 Å².